The average Bonchev–Trinajstić information content (AvgIpc) is 3.19. The van der Waals surface area contributed by atoms with Crippen molar-refractivity contribution in [2.75, 3.05) is 11.4 Å². The van der Waals surface area contributed by atoms with Gasteiger partial charge in [0.05, 0.1) is 11.9 Å². The molecule has 20 heavy (non-hydrogen) atoms. The van der Waals surface area contributed by atoms with Gasteiger partial charge in [0.15, 0.2) is 0 Å². The van der Waals surface area contributed by atoms with Gasteiger partial charge in [-0.3, -0.25) is 14.6 Å². The van der Waals surface area contributed by atoms with Crippen LogP contribution in [0, 0.1) is 11.8 Å². The summed E-state index contributed by atoms with van der Waals surface area (Å²) in [6, 6.07) is 3.30. The molecule has 0 aromatic carbocycles. The lowest BCUT2D eigenvalue weighted by Crippen LogP contribution is -2.52. The number of nitrogens with one attached hydrogen (secondary N) is 1. The van der Waals surface area contributed by atoms with Gasteiger partial charge >= 0.3 is 0 Å². The van der Waals surface area contributed by atoms with Gasteiger partial charge in [-0.2, -0.15) is 0 Å². The Bertz CT molecular complexity index is 517. The number of carbonyl (C=O) groups excluding carboxylic acids is 2. The van der Waals surface area contributed by atoms with Crippen molar-refractivity contribution < 1.29 is 9.59 Å². The van der Waals surface area contributed by atoms with E-state index in [2.05, 4.69) is 17.2 Å². The predicted octanol–water partition coefficient (Wildman–Crippen LogP) is 1.35. The van der Waals surface area contributed by atoms with E-state index in [0.29, 0.717) is 12.5 Å². The number of hydrogen-bond acceptors (Lipinski definition) is 3. The van der Waals surface area contributed by atoms with Crippen molar-refractivity contribution in [2.24, 2.45) is 11.8 Å². The molecule has 2 fully saturated rings. The first-order valence-corrected chi connectivity index (χ1v) is 7.18. The van der Waals surface area contributed by atoms with Crippen LogP contribution in [0.15, 0.2) is 24.5 Å². The minimum atomic E-state index is -0.385. The van der Waals surface area contributed by atoms with E-state index in [1.54, 1.807) is 17.3 Å². The summed E-state index contributed by atoms with van der Waals surface area (Å²) in [5, 5.41) is 2.91. The standard InChI is InChI=1S/C15H19N3O2/c1-10-8-12(10)14(19)17-13-5-3-7-18(15(13)20)11-4-2-6-16-9-11/h2,4,6,9-10,12-13H,3,5,7-8H2,1H3,(H,17,19)/t10-,12-,13+/m1/s1. The van der Waals surface area contributed by atoms with Gasteiger partial charge in [-0.25, -0.2) is 0 Å². The zero-order chi connectivity index (χ0) is 14.1. The molecule has 3 atom stereocenters. The summed E-state index contributed by atoms with van der Waals surface area (Å²) in [5.74, 6) is 0.578. The van der Waals surface area contributed by atoms with E-state index in [-0.39, 0.29) is 23.8 Å². The third-order valence-electron chi connectivity index (χ3n) is 4.16. The highest BCUT2D eigenvalue weighted by molar-refractivity contribution is 6.00. The monoisotopic (exact) mass is 273 g/mol. The van der Waals surface area contributed by atoms with Crippen LogP contribution in [0.1, 0.15) is 26.2 Å². The summed E-state index contributed by atoms with van der Waals surface area (Å²) in [6.07, 6.45) is 5.93. The minimum Gasteiger partial charge on any atom is -0.344 e. The molecule has 2 aliphatic rings. The summed E-state index contributed by atoms with van der Waals surface area (Å²) in [5.41, 5.74) is 0.802. The van der Waals surface area contributed by atoms with Crippen LogP contribution in [-0.4, -0.2) is 29.4 Å². The molecule has 2 heterocycles. The third kappa shape index (κ3) is 2.53. The largest absolute Gasteiger partial charge is 0.344 e. The van der Waals surface area contributed by atoms with E-state index in [4.69, 9.17) is 0 Å². The van der Waals surface area contributed by atoms with Crippen LogP contribution in [0.25, 0.3) is 0 Å². The molecule has 106 valence electrons. The number of rotatable bonds is 3. The molecule has 1 saturated heterocycles. The molecule has 2 amide bonds. The molecular weight excluding hydrogens is 254 g/mol. The molecule has 1 aromatic rings. The van der Waals surface area contributed by atoms with Gasteiger partial charge < -0.3 is 10.2 Å². The van der Waals surface area contributed by atoms with E-state index in [1.807, 2.05) is 12.1 Å². The first-order valence-electron chi connectivity index (χ1n) is 7.18. The molecule has 5 nitrogen and oxygen atoms in total. The molecule has 1 saturated carbocycles. The maximum absolute atomic E-state index is 12.5. The number of nitrogens with zero attached hydrogens (tertiary/aromatic N) is 2. The first kappa shape index (κ1) is 13.1. The zero-order valence-electron chi connectivity index (χ0n) is 11.6. The van der Waals surface area contributed by atoms with Crippen molar-refractivity contribution in [1.82, 2.24) is 10.3 Å². The molecule has 1 aliphatic carbocycles. The summed E-state index contributed by atoms with van der Waals surface area (Å²) < 4.78 is 0. The van der Waals surface area contributed by atoms with Crippen LogP contribution in [0.5, 0.6) is 0 Å². The maximum atomic E-state index is 12.5. The van der Waals surface area contributed by atoms with Gasteiger partial charge in [0.25, 0.3) is 0 Å². The van der Waals surface area contributed by atoms with Crippen LogP contribution in [0.2, 0.25) is 0 Å². The van der Waals surface area contributed by atoms with Crippen molar-refractivity contribution in [1.29, 1.82) is 0 Å². The Hall–Kier alpha value is -1.91. The quantitative estimate of drug-likeness (QED) is 0.904. The SMILES string of the molecule is C[C@@H]1C[C@H]1C(=O)N[C@H]1CCCN(c2cccnc2)C1=O. The van der Waals surface area contributed by atoms with Gasteiger partial charge in [0, 0.05) is 18.7 Å². The Labute approximate surface area is 118 Å². The second-order valence-electron chi connectivity index (χ2n) is 5.72. The van der Waals surface area contributed by atoms with Gasteiger partial charge in [-0.05, 0) is 37.3 Å². The van der Waals surface area contributed by atoms with E-state index in [1.165, 1.54) is 0 Å². The lowest BCUT2D eigenvalue weighted by atomic mass is 10.0. The number of pyridine rings is 1. The van der Waals surface area contributed by atoms with Gasteiger partial charge in [-0.1, -0.05) is 6.92 Å². The average molecular weight is 273 g/mol. The highest BCUT2D eigenvalue weighted by Crippen LogP contribution is 2.37. The van der Waals surface area contributed by atoms with Gasteiger partial charge in [0.2, 0.25) is 11.8 Å². The predicted molar refractivity (Wildman–Crippen MR) is 75.0 cm³/mol. The molecule has 5 heteroatoms. The fourth-order valence-electron chi connectivity index (χ4n) is 2.75. The number of aromatic nitrogens is 1. The Balaban J connectivity index is 1.67. The molecule has 0 radical (unpaired) electrons. The smallest absolute Gasteiger partial charge is 0.249 e. The molecule has 1 aromatic heterocycles. The lowest BCUT2D eigenvalue weighted by molar-refractivity contribution is -0.129. The number of piperidine rings is 1. The van der Waals surface area contributed by atoms with E-state index < -0.39 is 0 Å². The molecule has 3 rings (SSSR count). The van der Waals surface area contributed by atoms with E-state index in [0.717, 1.165) is 24.9 Å². The third-order valence-corrected chi connectivity index (χ3v) is 4.16. The lowest BCUT2D eigenvalue weighted by Gasteiger charge is -2.32. The Morgan fingerprint density at radius 1 is 1.50 bits per heavy atom. The molecule has 0 bridgehead atoms. The van der Waals surface area contributed by atoms with E-state index >= 15 is 0 Å². The molecule has 0 spiro atoms. The second kappa shape index (κ2) is 5.23. The molecule has 1 aliphatic heterocycles. The normalized spacial score (nSPS) is 29.1. The molecular formula is C15H19N3O2. The van der Waals surface area contributed by atoms with Crippen molar-refractivity contribution in [3.63, 3.8) is 0 Å². The molecule has 1 N–H and O–H groups in total. The van der Waals surface area contributed by atoms with E-state index in [9.17, 15) is 9.59 Å². The fourth-order valence-corrected chi connectivity index (χ4v) is 2.75. The van der Waals surface area contributed by atoms with Crippen LogP contribution in [0.3, 0.4) is 0 Å². The van der Waals surface area contributed by atoms with Crippen LogP contribution >= 0.6 is 0 Å². The van der Waals surface area contributed by atoms with Crippen molar-refractivity contribution >= 4 is 17.5 Å². The first-order chi connectivity index (χ1) is 9.66. The second-order valence-corrected chi connectivity index (χ2v) is 5.72. The maximum Gasteiger partial charge on any atom is 0.249 e. The van der Waals surface area contributed by atoms with Crippen molar-refractivity contribution in [2.45, 2.75) is 32.2 Å². The minimum absolute atomic E-state index is 0.0223. The number of hydrogen-bond donors (Lipinski definition) is 1. The number of amides is 2. The summed E-state index contributed by atoms with van der Waals surface area (Å²) in [4.78, 5) is 30.2. The highest BCUT2D eigenvalue weighted by atomic mass is 16.2. The van der Waals surface area contributed by atoms with Gasteiger partial charge in [-0.15, -0.1) is 0 Å². The topological polar surface area (TPSA) is 62.3 Å². The Kier molecular flexibility index (Phi) is 3.42. The summed E-state index contributed by atoms with van der Waals surface area (Å²) in [7, 11) is 0. The number of anilines is 1. The zero-order valence-corrected chi connectivity index (χ0v) is 11.6. The summed E-state index contributed by atoms with van der Waals surface area (Å²) in [6.45, 7) is 2.76. The Morgan fingerprint density at radius 2 is 2.30 bits per heavy atom. The fraction of sp³-hybridized carbons (Fsp3) is 0.533. The number of carbonyl (C=O) groups is 2. The molecule has 0 unspecified atom stereocenters. The van der Waals surface area contributed by atoms with Gasteiger partial charge in [0.1, 0.15) is 6.04 Å². The van der Waals surface area contributed by atoms with Crippen molar-refractivity contribution in [3.8, 4) is 0 Å². The van der Waals surface area contributed by atoms with Crippen LogP contribution in [0.4, 0.5) is 5.69 Å². The van der Waals surface area contributed by atoms with Crippen molar-refractivity contribution in [3.05, 3.63) is 24.5 Å². The van der Waals surface area contributed by atoms with Crippen LogP contribution in [-0.2, 0) is 9.59 Å². The highest BCUT2D eigenvalue weighted by Gasteiger charge is 2.41. The Morgan fingerprint density at radius 3 is 2.95 bits per heavy atom. The summed E-state index contributed by atoms with van der Waals surface area (Å²) >= 11 is 0. The van der Waals surface area contributed by atoms with Crippen LogP contribution < -0.4 is 10.2 Å².